The van der Waals surface area contributed by atoms with Crippen LogP contribution in [0, 0.1) is 0 Å². The third-order valence-corrected chi connectivity index (χ3v) is 8.34. The number of nitrogens with zero attached hydrogens (tertiary/aromatic N) is 2. The number of sulfonamides is 1. The van der Waals surface area contributed by atoms with Gasteiger partial charge in [0, 0.05) is 13.1 Å². The lowest BCUT2D eigenvalue weighted by molar-refractivity contribution is 0.391. The highest BCUT2D eigenvalue weighted by atomic mass is 32.2. The Bertz CT molecular complexity index is 1390. The molecule has 5 rings (SSSR count). The molecule has 0 bridgehead atoms. The zero-order valence-electron chi connectivity index (χ0n) is 16.2. The van der Waals surface area contributed by atoms with Crippen LogP contribution in [0.3, 0.4) is 0 Å². The van der Waals surface area contributed by atoms with Gasteiger partial charge in [0.2, 0.25) is 10.0 Å². The quantitative estimate of drug-likeness (QED) is 0.488. The summed E-state index contributed by atoms with van der Waals surface area (Å²) in [4.78, 5) is 12.7. The van der Waals surface area contributed by atoms with Crippen molar-refractivity contribution < 1.29 is 8.42 Å². The van der Waals surface area contributed by atoms with Crippen LogP contribution in [-0.2, 0) is 29.5 Å². The molecule has 0 fully saturated rings. The van der Waals surface area contributed by atoms with E-state index in [-0.39, 0.29) is 9.77 Å². The van der Waals surface area contributed by atoms with E-state index in [0.717, 1.165) is 28.0 Å². The van der Waals surface area contributed by atoms with Gasteiger partial charge in [-0.15, -0.1) is 0 Å². The monoisotopic (exact) mass is 436 g/mol. The molecule has 1 aliphatic rings. The molecule has 0 N–H and O–H groups in total. The molecule has 152 valence electrons. The van der Waals surface area contributed by atoms with Crippen LogP contribution in [0.1, 0.15) is 16.7 Å². The van der Waals surface area contributed by atoms with Gasteiger partial charge >= 0.3 is 4.87 Å². The van der Waals surface area contributed by atoms with Crippen molar-refractivity contribution in [3.05, 3.63) is 99.2 Å². The molecule has 0 saturated heterocycles. The molecular weight excluding hydrogens is 416 g/mol. The fourth-order valence-corrected chi connectivity index (χ4v) is 6.40. The SMILES string of the molecule is O=c1sc2cc(S(=O)(=O)N3CCc4ccccc4C3)ccc2n1Cc1ccccc1. The Morgan fingerprint density at radius 1 is 0.900 bits per heavy atom. The third kappa shape index (κ3) is 3.39. The number of hydrogen-bond acceptors (Lipinski definition) is 4. The molecule has 3 aromatic carbocycles. The minimum absolute atomic E-state index is 0.0877. The molecule has 4 aromatic rings. The summed E-state index contributed by atoms with van der Waals surface area (Å²) < 4.78 is 30.5. The van der Waals surface area contributed by atoms with Crippen LogP contribution in [0.5, 0.6) is 0 Å². The number of benzene rings is 3. The highest BCUT2D eigenvalue weighted by Crippen LogP contribution is 2.28. The van der Waals surface area contributed by atoms with E-state index in [1.54, 1.807) is 22.8 Å². The van der Waals surface area contributed by atoms with Gasteiger partial charge < -0.3 is 0 Å². The minimum atomic E-state index is -3.63. The van der Waals surface area contributed by atoms with E-state index in [1.165, 1.54) is 9.87 Å². The maximum Gasteiger partial charge on any atom is 0.308 e. The van der Waals surface area contributed by atoms with E-state index in [4.69, 9.17) is 0 Å². The summed E-state index contributed by atoms with van der Waals surface area (Å²) >= 11 is 1.09. The first-order valence-corrected chi connectivity index (χ1v) is 12.0. The van der Waals surface area contributed by atoms with Gasteiger partial charge in [-0.3, -0.25) is 9.36 Å². The molecule has 0 amide bonds. The van der Waals surface area contributed by atoms with Gasteiger partial charge in [0.15, 0.2) is 0 Å². The van der Waals surface area contributed by atoms with Gasteiger partial charge in [-0.1, -0.05) is 65.9 Å². The molecule has 0 unspecified atom stereocenters. The second-order valence-electron chi connectivity index (χ2n) is 7.43. The Morgan fingerprint density at radius 2 is 1.63 bits per heavy atom. The predicted octanol–water partition coefficient (Wildman–Crippen LogP) is 3.86. The smallest absolute Gasteiger partial charge is 0.294 e. The minimum Gasteiger partial charge on any atom is -0.294 e. The van der Waals surface area contributed by atoms with Crippen molar-refractivity contribution in [1.29, 1.82) is 0 Å². The molecule has 7 heteroatoms. The first kappa shape index (κ1) is 19.2. The standard InChI is InChI=1S/C23H20N2O3S2/c26-23-25(15-17-6-2-1-3-7-17)21-11-10-20(14-22(21)29-23)30(27,28)24-13-12-18-8-4-5-9-19(18)16-24/h1-11,14H,12-13,15-16H2. The number of thiazole rings is 1. The van der Waals surface area contributed by atoms with Crippen LogP contribution in [0.25, 0.3) is 10.2 Å². The lowest BCUT2D eigenvalue weighted by atomic mass is 10.0. The molecule has 0 atom stereocenters. The van der Waals surface area contributed by atoms with E-state index >= 15 is 0 Å². The number of fused-ring (bicyclic) bond motifs is 2. The third-order valence-electron chi connectivity index (χ3n) is 5.56. The van der Waals surface area contributed by atoms with Crippen molar-refractivity contribution in [2.75, 3.05) is 6.54 Å². The normalized spacial score (nSPS) is 14.7. The Balaban J connectivity index is 1.49. The molecule has 5 nitrogen and oxygen atoms in total. The van der Waals surface area contributed by atoms with E-state index in [9.17, 15) is 13.2 Å². The van der Waals surface area contributed by atoms with Crippen molar-refractivity contribution in [3.8, 4) is 0 Å². The van der Waals surface area contributed by atoms with Crippen LogP contribution < -0.4 is 4.87 Å². The molecule has 0 radical (unpaired) electrons. The number of aromatic nitrogens is 1. The molecule has 0 spiro atoms. The van der Waals surface area contributed by atoms with Crippen molar-refractivity contribution in [3.63, 3.8) is 0 Å². The topological polar surface area (TPSA) is 59.4 Å². The van der Waals surface area contributed by atoms with Crippen LogP contribution >= 0.6 is 11.3 Å². The van der Waals surface area contributed by atoms with Gasteiger partial charge in [-0.05, 0) is 41.3 Å². The lowest BCUT2D eigenvalue weighted by Crippen LogP contribution is -2.35. The summed E-state index contributed by atoms with van der Waals surface area (Å²) in [7, 11) is -3.63. The number of hydrogen-bond donors (Lipinski definition) is 0. The van der Waals surface area contributed by atoms with E-state index in [1.807, 2.05) is 48.5 Å². The van der Waals surface area contributed by atoms with Crippen LogP contribution in [0.4, 0.5) is 0 Å². The van der Waals surface area contributed by atoms with Gasteiger partial charge in [0.05, 0.1) is 21.7 Å². The average Bonchev–Trinajstić information content (AvgIpc) is 3.08. The van der Waals surface area contributed by atoms with Crippen LogP contribution in [0.2, 0.25) is 0 Å². The Morgan fingerprint density at radius 3 is 2.43 bits per heavy atom. The summed E-state index contributed by atoms with van der Waals surface area (Å²) in [5.74, 6) is 0. The zero-order chi connectivity index (χ0) is 20.7. The highest BCUT2D eigenvalue weighted by Gasteiger charge is 2.28. The van der Waals surface area contributed by atoms with Crippen molar-refractivity contribution >= 4 is 31.6 Å². The second kappa shape index (κ2) is 7.50. The van der Waals surface area contributed by atoms with Crippen molar-refractivity contribution in [1.82, 2.24) is 8.87 Å². The Labute approximate surface area is 178 Å². The summed E-state index contributed by atoms with van der Waals surface area (Å²) in [5, 5.41) is 0. The van der Waals surface area contributed by atoms with Gasteiger partial charge in [0.1, 0.15) is 0 Å². The molecule has 0 saturated carbocycles. The lowest BCUT2D eigenvalue weighted by Gasteiger charge is -2.28. The average molecular weight is 437 g/mol. The van der Waals surface area contributed by atoms with Crippen molar-refractivity contribution in [2.45, 2.75) is 24.4 Å². The molecule has 30 heavy (non-hydrogen) atoms. The summed E-state index contributed by atoms with van der Waals surface area (Å²) in [6, 6.07) is 22.7. The van der Waals surface area contributed by atoms with E-state index in [0.29, 0.717) is 30.8 Å². The molecule has 1 aliphatic heterocycles. The van der Waals surface area contributed by atoms with Crippen LogP contribution in [-0.4, -0.2) is 23.8 Å². The first-order chi connectivity index (χ1) is 14.5. The largest absolute Gasteiger partial charge is 0.308 e. The van der Waals surface area contributed by atoms with Gasteiger partial charge in [0.25, 0.3) is 0 Å². The fraction of sp³-hybridized carbons (Fsp3) is 0.174. The summed E-state index contributed by atoms with van der Waals surface area (Å²) in [5.41, 5.74) is 4.04. The summed E-state index contributed by atoms with van der Waals surface area (Å²) in [6.07, 6.45) is 0.707. The maximum absolute atomic E-state index is 13.3. The highest BCUT2D eigenvalue weighted by molar-refractivity contribution is 7.89. The van der Waals surface area contributed by atoms with Gasteiger partial charge in [-0.2, -0.15) is 4.31 Å². The zero-order valence-corrected chi connectivity index (χ0v) is 17.8. The summed E-state index contributed by atoms with van der Waals surface area (Å²) in [6.45, 7) is 1.30. The van der Waals surface area contributed by atoms with Crippen LogP contribution in [0.15, 0.2) is 82.5 Å². The molecule has 0 aliphatic carbocycles. The number of rotatable bonds is 4. The maximum atomic E-state index is 13.3. The van der Waals surface area contributed by atoms with Gasteiger partial charge in [-0.25, -0.2) is 8.42 Å². The molecule has 2 heterocycles. The molecule has 1 aromatic heterocycles. The second-order valence-corrected chi connectivity index (χ2v) is 10.4. The van der Waals surface area contributed by atoms with Crippen molar-refractivity contribution in [2.24, 2.45) is 0 Å². The predicted molar refractivity (Wildman–Crippen MR) is 119 cm³/mol. The van der Waals surface area contributed by atoms with E-state index < -0.39 is 10.0 Å². The molecular formula is C23H20N2O3S2. The van der Waals surface area contributed by atoms with E-state index in [2.05, 4.69) is 6.07 Å². The first-order valence-electron chi connectivity index (χ1n) is 9.77. The Kier molecular flexibility index (Phi) is 4.81. The Hall–Kier alpha value is -2.74. The fourth-order valence-electron chi connectivity index (χ4n) is 3.95.